The summed E-state index contributed by atoms with van der Waals surface area (Å²) >= 11 is 0. The third-order valence-corrected chi connectivity index (χ3v) is 8.35. The summed E-state index contributed by atoms with van der Waals surface area (Å²) in [7, 11) is 0.270. The second-order valence-electron chi connectivity index (χ2n) is 8.79. The molecule has 178 valence electrons. The first-order chi connectivity index (χ1) is 16.2. The number of benzene rings is 2. The lowest BCUT2D eigenvalue weighted by molar-refractivity contribution is -0.118. The maximum Gasteiger partial charge on any atom is 0.236 e. The minimum absolute atomic E-state index is 0.0794. The average Bonchev–Trinajstić information content (AvgIpc) is 3.50. The van der Waals surface area contributed by atoms with Crippen LogP contribution in [0.15, 0.2) is 59.5 Å². The van der Waals surface area contributed by atoms with Gasteiger partial charge in [-0.15, -0.1) is 10.8 Å². The Balaban J connectivity index is 1.33. The third-order valence-electron chi connectivity index (χ3n) is 6.43. The zero-order valence-electron chi connectivity index (χ0n) is 19.2. The number of pyridine rings is 1. The highest BCUT2D eigenvalue weighted by molar-refractivity contribution is 8.22. The van der Waals surface area contributed by atoms with Gasteiger partial charge in [-0.3, -0.25) is 13.9 Å². The lowest BCUT2D eigenvalue weighted by Crippen LogP contribution is -2.28. The van der Waals surface area contributed by atoms with Gasteiger partial charge < -0.3 is 14.8 Å². The summed E-state index contributed by atoms with van der Waals surface area (Å²) in [6.45, 7) is 2.09. The minimum Gasteiger partial charge on any atom is -0.454 e. The number of amides is 1. The summed E-state index contributed by atoms with van der Waals surface area (Å²) < 4.78 is 32.9. The van der Waals surface area contributed by atoms with E-state index in [1.165, 1.54) is 4.31 Å². The van der Waals surface area contributed by atoms with E-state index in [0.717, 1.165) is 35.2 Å². The fraction of sp³-hybridized carbons (Fsp3) is 0.280. The molecule has 3 N–H and O–H groups in total. The van der Waals surface area contributed by atoms with Gasteiger partial charge in [-0.2, -0.15) is 0 Å². The number of aromatic nitrogens is 1. The summed E-state index contributed by atoms with van der Waals surface area (Å²) in [5.41, 5.74) is 2.92. The number of anilines is 1. The van der Waals surface area contributed by atoms with Crippen molar-refractivity contribution in [1.29, 1.82) is 0 Å². The van der Waals surface area contributed by atoms with Crippen LogP contribution in [0.4, 0.5) is 5.82 Å². The highest BCUT2D eigenvalue weighted by Crippen LogP contribution is 2.51. The van der Waals surface area contributed by atoms with Crippen LogP contribution in [0.2, 0.25) is 0 Å². The van der Waals surface area contributed by atoms with E-state index in [9.17, 15) is 13.9 Å². The van der Waals surface area contributed by atoms with Crippen LogP contribution in [0, 0.1) is 6.92 Å². The Hall–Kier alpha value is -3.11. The number of hydrogen-bond acceptors (Lipinski definition) is 7. The molecule has 8 nitrogen and oxygen atoms in total. The first-order valence-electron chi connectivity index (χ1n) is 11.0. The fourth-order valence-electron chi connectivity index (χ4n) is 4.17. The highest BCUT2D eigenvalue weighted by Gasteiger charge is 2.51. The van der Waals surface area contributed by atoms with Crippen molar-refractivity contribution < 1.29 is 23.4 Å². The summed E-state index contributed by atoms with van der Waals surface area (Å²) in [5, 5.41) is 2.98. The minimum atomic E-state index is -2.99. The molecule has 0 atom stereocenters. The van der Waals surface area contributed by atoms with Crippen molar-refractivity contribution in [3.8, 4) is 22.6 Å². The number of nitrogens with zero attached hydrogens (tertiary/aromatic N) is 2. The maximum atomic E-state index is 13.2. The molecule has 1 saturated carbocycles. The van der Waals surface area contributed by atoms with E-state index in [1.54, 1.807) is 32.3 Å². The van der Waals surface area contributed by atoms with Crippen molar-refractivity contribution in [2.24, 2.45) is 0 Å². The largest absolute Gasteiger partial charge is 0.454 e. The van der Waals surface area contributed by atoms with Crippen LogP contribution >= 0.6 is 10.8 Å². The molecule has 2 aliphatic rings. The number of nitrogens with one attached hydrogen (secondary N) is 1. The molecular formula is C25H27N3O5S. The molecule has 1 amide bonds. The zero-order chi connectivity index (χ0) is 24.1. The Morgan fingerprint density at radius 3 is 2.38 bits per heavy atom. The van der Waals surface area contributed by atoms with Gasteiger partial charge in [0.1, 0.15) is 5.82 Å². The van der Waals surface area contributed by atoms with Crippen LogP contribution in [0.1, 0.15) is 24.1 Å². The van der Waals surface area contributed by atoms with Crippen molar-refractivity contribution in [3.63, 3.8) is 0 Å². The van der Waals surface area contributed by atoms with Crippen molar-refractivity contribution in [3.05, 3.63) is 65.9 Å². The highest BCUT2D eigenvalue weighted by atomic mass is 32.3. The van der Waals surface area contributed by atoms with Crippen LogP contribution in [-0.4, -0.2) is 45.2 Å². The molecule has 1 fully saturated rings. The number of hydrogen-bond donors (Lipinski definition) is 3. The molecular weight excluding hydrogens is 454 g/mol. The molecule has 1 aliphatic heterocycles. The van der Waals surface area contributed by atoms with Crippen LogP contribution in [0.5, 0.6) is 11.5 Å². The van der Waals surface area contributed by atoms with E-state index >= 15 is 0 Å². The molecule has 2 aromatic carbocycles. The van der Waals surface area contributed by atoms with E-state index in [4.69, 9.17) is 9.47 Å². The predicted molar refractivity (Wildman–Crippen MR) is 131 cm³/mol. The van der Waals surface area contributed by atoms with Gasteiger partial charge in [0, 0.05) is 25.4 Å². The van der Waals surface area contributed by atoms with Gasteiger partial charge in [0.15, 0.2) is 11.5 Å². The van der Waals surface area contributed by atoms with Crippen molar-refractivity contribution in [2.75, 3.05) is 26.2 Å². The van der Waals surface area contributed by atoms with E-state index < -0.39 is 16.2 Å². The quantitative estimate of drug-likeness (QED) is 0.453. The summed E-state index contributed by atoms with van der Waals surface area (Å²) in [4.78, 5) is 18.2. The van der Waals surface area contributed by atoms with Crippen LogP contribution in [-0.2, 0) is 10.2 Å². The molecule has 1 aliphatic carbocycles. The van der Waals surface area contributed by atoms with Crippen molar-refractivity contribution in [1.82, 2.24) is 9.29 Å². The van der Waals surface area contributed by atoms with Gasteiger partial charge in [-0.05, 0) is 67.3 Å². The standard InChI is InChI=1S/C25H27N3O5S/c1-16-20(17-4-7-19(8-5-17)34(30,31)28(2)3)9-11-23(26-16)27-24(29)25(12-13-25)18-6-10-21-22(14-18)33-15-32-21/h4-11,14,30-31H,12-13,15H2,1-3H3,(H,26,27,29). The summed E-state index contributed by atoms with van der Waals surface area (Å²) in [5.74, 6) is 1.79. The number of carbonyl (C=O) groups is 1. The van der Waals surface area contributed by atoms with Gasteiger partial charge in [-0.1, -0.05) is 18.2 Å². The van der Waals surface area contributed by atoms with Crippen molar-refractivity contribution in [2.45, 2.75) is 30.1 Å². The molecule has 5 rings (SSSR count). The Kier molecular flexibility index (Phi) is 5.52. The Morgan fingerprint density at radius 1 is 1.03 bits per heavy atom. The van der Waals surface area contributed by atoms with Gasteiger partial charge in [0.2, 0.25) is 12.7 Å². The van der Waals surface area contributed by atoms with E-state index in [1.807, 2.05) is 43.3 Å². The van der Waals surface area contributed by atoms with E-state index in [-0.39, 0.29) is 12.7 Å². The number of carbonyl (C=O) groups excluding carboxylic acids is 1. The molecule has 2 heterocycles. The first kappa shape index (κ1) is 22.7. The zero-order valence-corrected chi connectivity index (χ0v) is 20.1. The van der Waals surface area contributed by atoms with Crippen molar-refractivity contribution >= 4 is 22.5 Å². The Bertz CT molecular complexity index is 1260. The molecule has 9 heteroatoms. The molecule has 0 spiro atoms. The number of fused-ring (bicyclic) bond motifs is 1. The first-order valence-corrected chi connectivity index (χ1v) is 12.5. The SMILES string of the molecule is Cc1nc(NC(=O)C2(c3ccc4c(c3)OCO4)CC2)ccc1-c1ccc(S(O)(O)N(C)C)cc1. The molecule has 0 bridgehead atoms. The normalized spacial score (nSPS) is 16.4. The molecule has 1 aromatic heterocycles. The van der Waals surface area contributed by atoms with Gasteiger partial charge in [0.25, 0.3) is 0 Å². The topological polar surface area (TPSA) is 104 Å². The predicted octanol–water partition coefficient (Wildman–Crippen LogP) is 5.04. The molecule has 3 aromatic rings. The number of ether oxygens (including phenoxy) is 2. The van der Waals surface area contributed by atoms with E-state index in [0.29, 0.717) is 22.2 Å². The van der Waals surface area contributed by atoms with E-state index in [2.05, 4.69) is 10.3 Å². The number of rotatable bonds is 6. The van der Waals surface area contributed by atoms with Crippen LogP contribution in [0.3, 0.4) is 0 Å². The lowest BCUT2D eigenvalue weighted by Gasteiger charge is -2.38. The Labute approximate surface area is 200 Å². The molecule has 0 radical (unpaired) electrons. The van der Waals surface area contributed by atoms with Crippen LogP contribution in [0.25, 0.3) is 11.1 Å². The number of aryl methyl sites for hydroxylation is 1. The average molecular weight is 482 g/mol. The molecule has 0 saturated heterocycles. The third kappa shape index (κ3) is 3.90. The second-order valence-corrected chi connectivity index (χ2v) is 11.0. The van der Waals surface area contributed by atoms with Crippen LogP contribution < -0.4 is 14.8 Å². The summed E-state index contributed by atoms with van der Waals surface area (Å²) in [6, 6.07) is 16.5. The smallest absolute Gasteiger partial charge is 0.236 e. The lowest BCUT2D eigenvalue weighted by atomic mass is 9.94. The molecule has 0 unspecified atom stereocenters. The maximum absolute atomic E-state index is 13.2. The van der Waals surface area contributed by atoms with Gasteiger partial charge in [0.05, 0.1) is 10.3 Å². The Morgan fingerprint density at radius 2 is 1.74 bits per heavy atom. The summed E-state index contributed by atoms with van der Waals surface area (Å²) in [6.07, 6.45) is 1.54. The fourth-order valence-corrected chi connectivity index (χ4v) is 5.09. The second kappa shape index (κ2) is 8.28. The monoisotopic (exact) mass is 481 g/mol. The molecule has 34 heavy (non-hydrogen) atoms. The van der Waals surface area contributed by atoms with Gasteiger partial charge >= 0.3 is 0 Å². The van der Waals surface area contributed by atoms with Gasteiger partial charge in [-0.25, -0.2) is 9.29 Å².